The van der Waals surface area contributed by atoms with Crippen molar-refractivity contribution in [3.05, 3.63) is 24.3 Å². The van der Waals surface area contributed by atoms with Crippen LogP contribution in [0.3, 0.4) is 0 Å². The number of primary amides is 1. The summed E-state index contributed by atoms with van der Waals surface area (Å²) in [5.41, 5.74) is 5.53. The molecule has 3 amide bonds. The van der Waals surface area contributed by atoms with Crippen molar-refractivity contribution in [2.75, 3.05) is 5.32 Å². The molecule has 0 saturated heterocycles. The van der Waals surface area contributed by atoms with Gasteiger partial charge in [-0.15, -0.1) is 0 Å². The molecule has 0 aliphatic rings. The fraction of sp³-hybridized carbons (Fsp3) is 0.500. The maximum absolute atomic E-state index is 12.3. The molecule has 0 bridgehead atoms. The summed E-state index contributed by atoms with van der Waals surface area (Å²) >= 11 is 0. The number of hydrogen-bond donors (Lipinski definition) is 4. The minimum atomic E-state index is -3.59. The fourth-order valence-electron chi connectivity index (χ4n) is 2.20. The highest BCUT2D eigenvalue weighted by molar-refractivity contribution is 7.89. The molecule has 9 heteroatoms. The van der Waals surface area contributed by atoms with Gasteiger partial charge in [0, 0.05) is 11.7 Å². The molecule has 0 radical (unpaired) electrons. The maximum Gasteiger partial charge on any atom is 0.312 e. The van der Waals surface area contributed by atoms with Gasteiger partial charge in [-0.1, -0.05) is 13.8 Å². The van der Waals surface area contributed by atoms with Gasteiger partial charge in [0.25, 0.3) is 0 Å². The fourth-order valence-corrected chi connectivity index (χ4v) is 3.45. The summed E-state index contributed by atoms with van der Waals surface area (Å²) in [6.45, 7) is 7.30. The predicted octanol–water partition coefficient (Wildman–Crippen LogP) is 1.39. The third-order valence-electron chi connectivity index (χ3n) is 3.16. The standard InChI is InChI=1S/C16H26N4O4S/c1-10(2)9-14(19-16(17)22)15(21)18-12-5-7-13(8-6-12)25(23,24)20-11(3)4/h5-8,10-11,14,20H,9H2,1-4H3,(H,18,21)(H3,17,19,22)/t14-/m0/s1. The van der Waals surface area contributed by atoms with Crippen molar-refractivity contribution in [2.24, 2.45) is 11.7 Å². The van der Waals surface area contributed by atoms with Gasteiger partial charge in [-0.05, 0) is 50.5 Å². The van der Waals surface area contributed by atoms with Crippen LogP contribution in [0, 0.1) is 5.92 Å². The van der Waals surface area contributed by atoms with Crippen LogP contribution in [0.4, 0.5) is 10.5 Å². The monoisotopic (exact) mass is 370 g/mol. The molecular weight excluding hydrogens is 344 g/mol. The molecule has 0 spiro atoms. The summed E-state index contributed by atoms with van der Waals surface area (Å²) in [4.78, 5) is 23.5. The molecule has 0 unspecified atom stereocenters. The van der Waals surface area contributed by atoms with Crippen molar-refractivity contribution >= 4 is 27.6 Å². The van der Waals surface area contributed by atoms with Crippen molar-refractivity contribution in [1.82, 2.24) is 10.0 Å². The van der Waals surface area contributed by atoms with Crippen LogP contribution in [0.5, 0.6) is 0 Å². The number of sulfonamides is 1. The zero-order chi connectivity index (χ0) is 19.2. The summed E-state index contributed by atoms with van der Waals surface area (Å²) in [7, 11) is -3.59. The van der Waals surface area contributed by atoms with E-state index in [1.165, 1.54) is 24.3 Å². The second-order valence-corrected chi connectivity index (χ2v) is 8.19. The van der Waals surface area contributed by atoms with Crippen LogP contribution < -0.4 is 21.1 Å². The Hall–Kier alpha value is -2.13. The van der Waals surface area contributed by atoms with Gasteiger partial charge in [0.1, 0.15) is 6.04 Å². The van der Waals surface area contributed by atoms with Crippen LogP contribution in [-0.4, -0.2) is 32.4 Å². The number of carbonyl (C=O) groups excluding carboxylic acids is 2. The highest BCUT2D eigenvalue weighted by atomic mass is 32.2. The highest BCUT2D eigenvalue weighted by Crippen LogP contribution is 2.15. The van der Waals surface area contributed by atoms with E-state index in [4.69, 9.17) is 5.73 Å². The number of hydrogen-bond acceptors (Lipinski definition) is 4. The molecule has 0 saturated carbocycles. The number of carbonyl (C=O) groups is 2. The van der Waals surface area contributed by atoms with Crippen LogP contribution in [0.2, 0.25) is 0 Å². The van der Waals surface area contributed by atoms with Crippen LogP contribution in [-0.2, 0) is 14.8 Å². The van der Waals surface area contributed by atoms with E-state index in [2.05, 4.69) is 15.4 Å². The lowest BCUT2D eigenvalue weighted by Gasteiger charge is -2.19. The number of anilines is 1. The summed E-state index contributed by atoms with van der Waals surface area (Å²) in [6, 6.07) is 4.03. The van der Waals surface area contributed by atoms with Gasteiger partial charge in [0.05, 0.1) is 4.90 Å². The smallest absolute Gasteiger partial charge is 0.312 e. The van der Waals surface area contributed by atoms with E-state index >= 15 is 0 Å². The lowest BCUT2D eigenvalue weighted by molar-refractivity contribution is -0.118. The SMILES string of the molecule is CC(C)C[C@H](NC(N)=O)C(=O)Nc1ccc(S(=O)(=O)NC(C)C)cc1. The van der Waals surface area contributed by atoms with E-state index in [9.17, 15) is 18.0 Å². The van der Waals surface area contributed by atoms with Gasteiger partial charge in [0.2, 0.25) is 15.9 Å². The Bertz CT molecular complexity index is 699. The van der Waals surface area contributed by atoms with E-state index in [1.54, 1.807) is 13.8 Å². The molecule has 1 aromatic rings. The Morgan fingerprint density at radius 1 is 1.08 bits per heavy atom. The predicted molar refractivity (Wildman–Crippen MR) is 96.5 cm³/mol. The average Bonchev–Trinajstić information content (AvgIpc) is 2.44. The van der Waals surface area contributed by atoms with Crippen LogP contribution >= 0.6 is 0 Å². The maximum atomic E-state index is 12.3. The Kier molecular flexibility index (Phi) is 7.38. The van der Waals surface area contributed by atoms with E-state index in [-0.39, 0.29) is 16.9 Å². The van der Waals surface area contributed by atoms with Gasteiger partial charge in [-0.3, -0.25) is 4.79 Å². The van der Waals surface area contributed by atoms with Crippen molar-refractivity contribution in [3.8, 4) is 0 Å². The number of nitrogens with one attached hydrogen (secondary N) is 3. The lowest BCUT2D eigenvalue weighted by atomic mass is 10.0. The number of nitrogens with two attached hydrogens (primary N) is 1. The molecule has 0 heterocycles. The molecule has 0 aliphatic heterocycles. The average molecular weight is 370 g/mol. The van der Waals surface area contributed by atoms with E-state index in [0.717, 1.165) is 0 Å². The van der Waals surface area contributed by atoms with Gasteiger partial charge < -0.3 is 16.4 Å². The van der Waals surface area contributed by atoms with E-state index in [0.29, 0.717) is 12.1 Å². The zero-order valence-corrected chi connectivity index (χ0v) is 15.7. The van der Waals surface area contributed by atoms with Gasteiger partial charge in [-0.25, -0.2) is 17.9 Å². The van der Waals surface area contributed by atoms with Crippen molar-refractivity contribution in [1.29, 1.82) is 0 Å². The molecule has 8 nitrogen and oxygen atoms in total. The number of amides is 3. The Labute approximate surface area is 148 Å². The number of rotatable bonds is 8. The molecule has 0 fully saturated rings. The minimum absolute atomic E-state index is 0.105. The van der Waals surface area contributed by atoms with Crippen molar-refractivity contribution in [3.63, 3.8) is 0 Å². The molecule has 1 atom stereocenters. The Morgan fingerprint density at radius 2 is 1.64 bits per heavy atom. The summed E-state index contributed by atoms with van der Waals surface area (Å²) in [5, 5.41) is 5.06. The molecule has 1 rings (SSSR count). The summed E-state index contributed by atoms with van der Waals surface area (Å²) in [5.74, 6) is -0.236. The molecule has 25 heavy (non-hydrogen) atoms. The second-order valence-electron chi connectivity index (χ2n) is 6.48. The van der Waals surface area contributed by atoms with Crippen LogP contribution in [0.15, 0.2) is 29.2 Å². The quantitative estimate of drug-likeness (QED) is 0.551. The van der Waals surface area contributed by atoms with Crippen molar-refractivity contribution < 1.29 is 18.0 Å². The number of urea groups is 1. The number of benzene rings is 1. The molecular formula is C16H26N4O4S. The molecule has 140 valence electrons. The minimum Gasteiger partial charge on any atom is -0.352 e. The van der Waals surface area contributed by atoms with Gasteiger partial charge >= 0.3 is 6.03 Å². The zero-order valence-electron chi connectivity index (χ0n) is 14.9. The molecule has 5 N–H and O–H groups in total. The first kappa shape index (κ1) is 20.9. The first-order valence-corrected chi connectivity index (χ1v) is 9.48. The van der Waals surface area contributed by atoms with Gasteiger partial charge in [0.15, 0.2) is 0 Å². The molecule has 0 aliphatic carbocycles. The van der Waals surface area contributed by atoms with E-state index in [1.807, 2.05) is 13.8 Å². The van der Waals surface area contributed by atoms with Gasteiger partial charge in [-0.2, -0.15) is 0 Å². The highest BCUT2D eigenvalue weighted by Gasteiger charge is 2.21. The molecule has 1 aromatic carbocycles. The largest absolute Gasteiger partial charge is 0.352 e. The first-order chi connectivity index (χ1) is 11.5. The molecule has 0 aromatic heterocycles. The summed E-state index contributed by atoms with van der Waals surface area (Å²) in [6.07, 6.45) is 0.430. The summed E-state index contributed by atoms with van der Waals surface area (Å²) < 4.78 is 26.6. The normalized spacial score (nSPS) is 12.9. The first-order valence-electron chi connectivity index (χ1n) is 8.00. The Morgan fingerprint density at radius 3 is 2.08 bits per heavy atom. The third kappa shape index (κ3) is 7.10. The third-order valence-corrected chi connectivity index (χ3v) is 4.84. The van der Waals surface area contributed by atoms with E-state index < -0.39 is 28.0 Å². The van der Waals surface area contributed by atoms with Crippen molar-refractivity contribution in [2.45, 2.75) is 51.1 Å². The topological polar surface area (TPSA) is 130 Å². The Balaban J connectivity index is 2.85. The van der Waals surface area contributed by atoms with Crippen LogP contribution in [0.25, 0.3) is 0 Å². The lowest BCUT2D eigenvalue weighted by Crippen LogP contribution is -2.46. The second kappa shape index (κ2) is 8.82. The van der Waals surface area contributed by atoms with Crippen LogP contribution in [0.1, 0.15) is 34.1 Å².